The number of fused-ring (bicyclic) bond motifs is 9. The molecule has 10 aromatic carbocycles. The van der Waals surface area contributed by atoms with Crippen LogP contribution in [0.15, 0.2) is 224 Å². The van der Waals surface area contributed by atoms with E-state index in [1.165, 1.54) is 98.2 Å². The molecule has 2 heterocycles. The molecule has 0 radical (unpaired) electrons. The zero-order valence-corrected chi connectivity index (χ0v) is 40.9. The molecule has 4 bridgehead atoms. The summed E-state index contributed by atoms with van der Waals surface area (Å²) in [5.41, 5.74) is 19.0. The average molecular weight is 955 g/mol. The van der Waals surface area contributed by atoms with E-state index in [2.05, 4.69) is 191 Å². The van der Waals surface area contributed by atoms with Gasteiger partial charge in [-0.05, 0) is 203 Å². The summed E-state index contributed by atoms with van der Waals surface area (Å²) < 4.78 is 26.8. The smallest absolute Gasteiger partial charge is 0.128 e. The second kappa shape index (κ2) is 16.0. The Bertz CT molecular complexity index is 4220. The molecule has 3 nitrogen and oxygen atoms in total. The van der Waals surface area contributed by atoms with Gasteiger partial charge in [0.05, 0.1) is 27.8 Å². The predicted molar refractivity (Wildman–Crippen MR) is 301 cm³/mol. The van der Waals surface area contributed by atoms with Crippen molar-refractivity contribution in [2.45, 2.75) is 37.5 Å². The molecule has 0 amide bonds. The van der Waals surface area contributed by atoms with Crippen LogP contribution in [0.5, 0.6) is 11.5 Å². The Labute approximate surface area is 429 Å². The van der Waals surface area contributed by atoms with Crippen LogP contribution in [-0.2, 0) is 5.41 Å². The summed E-state index contributed by atoms with van der Waals surface area (Å²) >= 11 is 0. The number of benzene rings is 10. The zero-order valence-electron chi connectivity index (χ0n) is 40.9. The molecule has 4 heteroatoms. The molecule has 5 aliphatic carbocycles. The van der Waals surface area contributed by atoms with Crippen LogP contribution in [0.4, 0.5) is 4.39 Å². The fourth-order valence-corrected chi connectivity index (χ4v) is 15.3. The van der Waals surface area contributed by atoms with Gasteiger partial charge in [-0.25, -0.2) is 4.39 Å². The fraction of sp³-hybridized carbons (Fsp3) is 0.143. The number of aromatic nitrogens is 2. The maximum Gasteiger partial charge on any atom is 0.128 e. The molecule has 0 aliphatic heterocycles. The molecule has 5 aliphatic rings. The van der Waals surface area contributed by atoms with Crippen molar-refractivity contribution in [1.29, 1.82) is 0 Å². The third kappa shape index (κ3) is 6.18. The van der Waals surface area contributed by atoms with Crippen molar-refractivity contribution < 1.29 is 9.13 Å². The van der Waals surface area contributed by atoms with E-state index in [1.807, 2.05) is 36.4 Å². The van der Waals surface area contributed by atoms with Crippen LogP contribution in [-0.4, -0.2) is 9.13 Å². The lowest BCUT2D eigenvalue weighted by atomic mass is 9.43. The minimum Gasteiger partial charge on any atom is -0.457 e. The summed E-state index contributed by atoms with van der Waals surface area (Å²) in [6.45, 7) is 0. The van der Waals surface area contributed by atoms with E-state index < -0.39 is 0 Å². The van der Waals surface area contributed by atoms with Crippen molar-refractivity contribution in [3.8, 4) is 67.4 Å². The molecule has 1 spiro atoms. The average Bonchev–Trinajstić information content (AvgIpc) is 4.15. The van der Waals surface area contributed by atoms with Crippen molar-refractivity contribution in [2.75, 3.05) is 0 Å². The van der Waals surface area contributed by atoms with E-state index >= 15 is 4.39 Å². The molecule has 0 N–H and O–H groups in total. The number of hydrogen-bond acceptors (Lipinski definition) is 1. The maximum absolute atomic E-state index is 15.3. The highest BCUT2D eigenvalue weighted by Gasteiger charge is 2.61. The minimum atomic E-state index is -0.151. The van der Waals surface area contributed by atoms with Gasteiger partial charge < -0.3 is 13.9 Å². The lowest BCUT2D eigenvalue weighted by molar-refractivity contribution is -0.0399. The van der Waals surface area contributed by atoms with E-state index in [0.717, 1.165) is 67.8 Å². The first-order valence-electron chi connectivity index (χ1n) is 26.6. The number of halogens is 1. The second-order valence-electron chi connectivity index (χ2n) is 21.8. The van der Waals surface area contributed by atoms with Crippen LogP contribution in [0.3, 0.4) is 0 Å². The number of nitrogens with zero attached hydrogens (tertiary/aromatic N) is 2. The van der Waals surface area contributed by atoms with E-state index in [0.29, 0.717) is 11.8 Å². The van der Waals surface area contributed by atoms with Gasteiger partial charge in [-0.3, -0.25) is 0 Å². The Morgan fingerprint density at radius 3 is 1.68 bits per heavy atom. The normalized spacial score (nSPS) is 20.3. The fourth-order valence-electron chi connectivity index (χ4n) is 15.3. The first-order valence-corrected chi connectivity index (χ1v) is 26.6. The third-order valence-electron chi connectivity index (χ3n) is 18.0. The quantitative estimate of drug-likeness (QED) is 0.156. The summed E-state index contributed by atoms with van der Waals surface area (Å²) in [4.78, 5) is 0. The van der Waals surface area contributed by atoms with E-state index in [9.17, 15) is 0 Å². The van der Waals surface area contributed by atoms with Gasteiger partial charge in [-0.1, -0.05) is 127 Å². The number of para-hydroxylation sites is 2. The minimum absolute atomic E-state index is 0.0824. The first-order chi connectivity index (χ1) is 36.5. The van der Waals surface area contributed by atoms with Gasteiger partial charge >= 0.3 is 0 Å². The first kappa shape index (κ1) is 42.1. The molecule has 354 valence electrons. The zero-order chi connectivity index (χ0) is 48.6. The van der Waals surface area contributed by atoms with Crippen LogP contribution in [0, 0.1) is 29.5 Å². The molecule has 4 fully saturated rings. The van der Waals surface area contributed by atoms with Crippen molar-refractivity contribution in [3.63, 3.8) is 0 Å². The van der Waals surface area contributed by atoms with Gasteiger partial charge in [-0.15, -0.1) is 0 Å². The van der Waals surface area contributed by atoms with Crippen molar-refractivity contribution >= 4 is 43.6 Å². The summed E-state index contributed by atoms with van der Waals surface area (Å²) in [7, 11) is 0. The Kier molecular flexibility index (Phi) is 9.11. The van der Waals surface area contributed by atoms with Crippen molar-refractivity contribution in [3.05, 3.63) is 241 Å². The third-order valence-corrected chi connectivity index (χ3v) is 18.0. The second-order valence-corrected chi connectivity index (χ2v) is 21.8. The van der Waals surface area contributed by atoms with Crippen molar-refractivity contribution in [2.24, 2.45) is 23.7 Å². The summed E-state index contributed by atoms with van der Waals surface area (Å²) in [5, 5.41) is 4.73. The molecular formula is C70H51FN2O. The highest BCUT2D eigenvalue weighted by molar-refractivity contribution is 6.13. The standard InChI is InChI=1S/C70H51FN2O/c71-52-23-27-63-59(40-52)56-26-24-53(41-64(56)70(63)50-33-43-32-44(35-50)36-51(70)34-43)72-67-29-21-49(39-61(67)62-42-55(25-31-68(62)72)74-54-16-8-3-9-17-54)48-22-30-69-60(38-48)57-18-10-11-19-65(57)73(69)66-28-20-47(45-12-4-1-5-13-45)37-58(66)46-14-6-2-7-15-46/h1-31,37-44,50-51H,32-36H2. The lowest BCUT2D eigenvalue weighted by Gasteiger charge is -2.61. The van der Waals surface area contributed by atoms with E-state index in [-0.39, 0.29) is 11.2 Å². The molecule has 0 atom stereocenters. The van der Waals surface area contributed by atoms with Gasteiger partial charge in [0.25, 0.3) is 0 Å². The van der Waals surface area contributed by atoms with Gasteiger partial charge in [0.2, 0.25) is 0 Å². The molecule has 17 rings (SSSR count). The molecule has 12 aromatic rings. The molecule has 2 aromatic heterocycles. The Balaban J connectivity index is 0.869. The highest BCUT2D eigenvalue weighted by atomic mass is 19.1. The molecule has 74 heavy (non-hydrogen) atoms. The van der Waals surface area contributed by atoms with Crippen molar-refractivity contribution in [1.82, 2.24) is 9.13 Å². The monoisotopic (exact) mass is 954 g/mol. The summed E-state index contributed by atoms with van der Waals surface area (Å²) in [6, 6.07) is 80.7. The SMILES string of the molecule is Fc1ccc2c(c1)-c1ccc(-n3c4ccc(Oc5ccccc5)cc4c4cc(-c5ccc6c(c5)c5ccccc5n6-c5ccc(-c6ccccc6)cc5-c5ccccc5)ccc43)cc1C21C2CC3CC(C2)CC1C3. The Morgan fingerprint density at radius 1 is 0.365 bits per heavy atom. The molecule has 0 saturated heterocycles. The van der Waals surface area contributed by atoms with Crippen LogP contribution in [0.1, 0.15) is 43.2 Å². The largest absolute Gasteiger partial charge is 0.457 e. The van der Waals surface area contributed by atoms with Crippen LogP contribution < -0.4 is 4.74 Å². The molecular weight excluding hydrogens is 904 g/mol. The van der Waals surface area contributed by atoms with E-state index in [4.69, 9.17) is 4.74 Å². The molecule has 0 unspecified atom stereocenters. The van der Waals surface area contributed by atoms with E-state index in [1.54, 1.807) is 6.07 Å². The Hall–Kier alpha value is -8.47. The van der Waals surface area contributed by atoms with Crippen LogP contribution >= 0.6 is 0 Å². The van der Waals surface area contributed by atoms with Gasteiger partial charge in [0, 0.05) is 38.2 Å². The molecule has 4 saturated carbocycles. The number of rotatable bonds is 7. The van der Waals surface area contributed by atoms with Crippen LogP contribution in [0.2, 0.25) is 0 Å². The highest BCUT2D eigenvalue weighted by Crippen LogP contribution is 2.69. The summed E-state index contributed by atoms with van der Waals surface area (Å²) in [5.74, 6) is 4.26. The Morgan fingerprint density at radius 2 is 0.946 bits per heavy atom. The predicted octanol–water partition coefficient (Wildman–Crippen LogP) is 18.5. The van der Waals surface area contributed by atoms with Gasteiger partial charge in [0.1, 0.15) is 17.3 Å². The maximum atomic E-state index is 15.3. The van der Waals surface area contributed by atoms with Gasteiger partial charge in [0.15, 0.2) is 0 Å². The topological polar surface area (TPSA) is 19.1 Å². The summed E-state index contributed by atoms with van der Waals surface area (Å²) in [6.07, 6.45) is 6.50. The number of ether oxygens (including phenoxy) is 1. The van der Waals surface area contributed by atoms with Gasteiger partial charge in [-0.2, -0.15) is 0 Å². The van der Waals surface area contributed by atoms with Crippen LogP contribution in [0.25, 0.3) is 99.5 Å². The number of hydrogen-bond donors (Lipinski definition) is 0. The lowest BCUT2D eigenvalue weighted by Crippen LogP contribution is -2.55.